The number of hydrogen-bond acceptors (Lipinski definition) is 5. The predicted molar refractivity (Wildman–Crippen MR) is 124 cm³/mol. The van der Waals surface area contributed by atoms with Gasteiger partial charge in [0, 0.05) is 24.8 Å². The Morgan fingerprint density at radius 3 is 2.41 bits per heavy atom. The molecule has 1 unspecified atom stereocenters. The molecule has 1 N–H and O–H groups in total. The van der Waals surface area contributed by atoms with Gasteiger partial charge in [-0.3, -0.25) is 9.69 Å². The minimum absolute atomic E-state index is 0.0220. The fraction of sp³-hybridized carbons (Fsp3) is 0.440. The largest absolute Gasteiger partial charge is 0.497 e. The van der Waals surface area contributed by atoms with Crippen LogP contribution < -0.4 is 15.0 Å². The molecule has 2 aliphatic heterocycles. The SMILES string of the molecule is COc1ccc(N2C(=O)OCC2CN2CCC(Cc3ccc(NC(C)=O)cc3)CC2)cc1. The molecule has 0 bridgehead atoms. The van der Waals surface area contributed by atoms with Gasteiger partial charge in [0.15, 0.2) is 0 Å². The van der Waals surface area contributed by atoms with Crippen LogP contribution in [-0.4, -0.2) is 56.3 Å². The summed E-state index contributed by atoms with van der Waals surface area (Å²) in [6.07, 6.45) is 3.05. The van der Waals surface area contributed by atoms with E-state index in [1.807, 2.05) is 36.4 Å². The third-order valence-corrected chi connectivity index (χ3v) is 6.29. The van der Waals surface area contributed by atoms with Crippen molar-refractivity contribution in [3.63, 3.8) is 0 Å². The van der Waals surface area contributed by atoms with Crippen LogP contribution >= 0.6 is 0 Å². The molecule has 2 aromatic carbocycles. The average molecular weight is 438 g/mol. The van der Waals surface area contributed by atoms with Crippen molar-refractivity contribution in [2.45, 2.75) is 32.2 Å². The van der Waals surface area contributed by atoms with Crippen molar-refractivity contribution in [2.75, 3.05) is 43.6 Å². The zero-order valence-electron chi connectivity index (χ0n) is 18.8. The topological polar surface area (TPSA) is 71.1 Å². The number of nitrogens with zero attached hydrogens (tertiary/aromatic N) is 2. The number of likely N-dealkylation sites (tertiary alicyclic amines) is 1. The molecule has 2 aliphatic rings. The van der Waals surface area contributed by atoms with E-state index in [0.717, 1.165) is 56.0 Å². The Bertz CT molecular complexity index is 921. The Balaban J connectivity index is 1.28. The van der Waals surface area contributed by atoms with Crippen LogP contribution in [0.1, 0.15) is 25.3 Å². The molecule has 32 heavy (non-hydrogen) atoms. The number of rotatable bonds is 7. The first-order valence-electron chi connectivity index (χ1n) is 11.2. The number of cyclic esters (lactones) is 1. The first kappa shape index (κ1) is 22.1. The second-order valence-electron chi connectivity index (χ2n) is 8.62. The molecular formula is C25H31N3O4. The molecule has 0 aliphatic carbocycles. The first-order chi connectivity index (χ1) is 15.5. The molecular weight excluding hydrogens is 406 g/mol. The van der Waals surface area contributed by atoms with Gasteiger partial charge in [0.05, 0.1) is 13.2 Å². The number of piperidine rings is 1. The Labute approximate surface area is 189 Å². The lowest BCUT2D eigenvalue weighted by Gasteiger charge is -2.34. The van der Waals surface area contributed by atoms with Gasteiger partial charge in [-0.15, -0.1) is 0 Å². The van der Waals surface area contributed by atoms with Crippen molar-refractivity contribution in [1.29, 1.82) is 0 Å². The summed E-state index contributed by atoms with van der Waals surface area (Å²) in [6, 6.07) is 15.7. The smallest absolute Gasteiger partial charge is 0.414 e. The third kappa shape index (κ3) is 5.40. The van der Waals surface area contributed by atoms with Gasteiger partial charge in [0.1, 0.15) is 12.4 Å². The third-order valence-electron chi connectivity index (χ3n) is 6.29. The van der Waals surface area contributed by atoms with Crippen LogP contribution in [0.5, 0.6) is 5.75 Å². The van der Waals surface area contributed by atoms with Crippen LogP contribution in [0, 0.1) is 5.92 Å². The quantitative estimate of drug-likeness (QED) is 0.711. The second-order valence-corrected chi connectivity index (χ2v) is 8.62. The van der Waals surface area contributed by atoms with Gasteiger partial charge < -0.3 is 19.7 Å². The number of nitrogens with one attached hydrogen (secondary N) is 1. The molecule has 170 valence electrons. The molecule has 4 rings (SSSR count). The number of carbonyl (C=O) groups is 2. The van der Waals surface area contributed by atoms with E-state index in [2.05, 4.69) is 22.3 Å². The Hall–Kier alpha value is -3.06. The van der Waals surface area contributed by atoms with Crippen LogP contribution in [-0.2, 0) is 16.0 Å². The van der Waals surface area contributed by atoms with Gasteiger partial charge in [-0.05, 0) is 80.2 Å². The molecule has 7 heteroatoms. The summed E-state index contributed by atoms with van der Waals surface area (Å²) in [4.78, 5) is 27.7. The van der Waals surface area contributed by atoms with E-state index in [1.165, 1.54) is 12.5 Å². The number of carbonyl (C=O) groups excluding carboxylic acids is 2. The fourth-order valence-corrected chi connectivity index (χ4v) is 4.59. The normalized spacial score (nSPS) is 19.6. The standard InChI is InChI=1S/C25H31N3O4/c1-18(29)26-21-5-3-19(4-6-21)15-20-11-13-27(14-12-20)16-23-17-32-25(30)28(23)22-7-9-24(31-2)10-8-22/h3-10,20,23H,11-17H2,1-2H3,(H,26,29). The summed E-state index contributed by atoms with van der Waals surface area (Å²) in [5, 5.41) is 2.81. The zero-order valence-corrected chi connectivity index (χ0v) is 18.8. The van der Waals surface area contributed by atoms with E-state index in [1.54, 1.807) is 12.0 Å². The minimum Gasteiger partial charge on any atom is -0.497 e. The molecule has 2 amide bonds. The highest BCUT2D eigenvalue weighted by atomic mass is 16.6. The van der Waals surface area contributed by atoms with E-state index in [0.29, 0.717) is 12.5 Å². The van der Waals surface area contributed by atoms with Crippen molar-refractivity contribution >= 4 is 23.4 Å². The first-order valence-corrected chi connectivity index (χ1v) is 11.2. The fourth-order valence-electron chi connectivity index (χ4n) is 4.59. The summed E-state index contributed by atoms with van der Waals surface area (Å²) in [7, 11) is 1.63. The number of anilines is 2. The van der Waals surface area contributed by atoms with Gasteiger partial charge >= 0.3 is 6.09 Å². The molecule has 2 fully saturated rings. The highest BCUT2D eigenvalue weighted by Gasteiger charge is 2.36. The lowest BCUT2D eigenvalue weighted by molar-refractivity contribution is -0.114. The number of benzene rings is 2. The van der Waals surface area contributed by atoms with Gasteiger partial charge in [0.25, 0.3) is 0 Å². The maximum atomic E-state index is 12.4. The number of amides is 2. The van der Waals surface area contributed by atoms with Crippen molar-refractivity contribution < 1.29 is 19.1 Å². The Kier molecular flexibility index (Phi) is 6.95. The summed E-state index contributed by atoms with van der Waals surface area (Å²) in [6.45, 7) is 4.80. The van der Waals surface area contributed by atoms with Gasteiger partial charge in [-0.25, -0.2) is 4.79 Å². The summed E-state index contributed by atoms with van der Waals surface area (Å²) in [5.41, 5.74) is 2.99. The van der Waals surface area contributed by atoms with Gasteiger partial charge in [-0.2, -0.15) is 0 Å². The average Bonchev–Trinajstić information content (AvgIpc) is 3.16. The Morgan fingerprint density at radius 2 is 1.78 bits per heavy atom. The lowest BCUT2D eigenvalue weighted by Crippen LogP contribution is -2.45. The van der Waals surface area contributed by atoms with Crippen molar-refractivity contribution in [3.8, 4) is 5.75 Å². The van der Waals surface area contributed by atoms with Crippen molar-refractivity contribution in [3.05, 3.63) is 54.1 Å². The molecule has 0 aromatic heterocycles. The summed E-state index contributed by atoms with van der Waals surface area (Å²) in [5.74, 6) is 1.37. The van der Waals surface area contributed by atoms with Crippen LogP contribution in [0.3, 0.4) is 0 Å². The zero-order chi connectivity index (χ0) is 22.5. The molecule has 0 spiro atoms. The van der Waals surface area contributed by atoms with Crippen LogP contribution in [0.15, 0.2) is 48.5 Å². The molecule has 0 saturated carbocycles. The number of hydrogen-bond donors (Lipinski definition) is 1. The van der Waals surface area contributed by atoms with Crippen molar-refractivity contribution in [1.82, 2.24) is 4.90 Å². The number of ether oxygens (including phenoxy) is 2. The van der Waals surface area contributed by atoms with Crippen LogP contribution in [0.2, 0.25) is 0 Å². The van der Waals surface area contributed by atoms with Crippen molar-refractivity contribution in [2.24, 2.45) is 5.92 Å². The van der Waals surface area contributed by atoms with E-state index in [9.17, 15) is 9.59 Å². The molecule has 2 aromatic rings. The van der Waals surface area contributed by atoms with Crippen LogP contribution in [0.25, 0.3) is 0 Å². The van der Waals surface area contributed by atoms with E-state index < -0.39 is 0 Å². The Morgan fingerprint density at radius 1 is 1.09 bits per heavy atom. The summed E-state index contributed by atoms with van der Waals surface area (Å²) >= 11 is 0. The minimum atomic E-state index is -0.280. The monoisotopic (exact) mass is 437 g/mol. The van der Waals surface area contributed by atoms with E-state index >= 15 is 0 Å². The molecule has 2 saturated heterocycles. The predicted octanol–water partition coefficient (Wildman–Crippen LogP) is 3.93. The highest BCUT2D eigenvalue weighted by molar-refractivity contribution is 5.90. The summed E-state index contributed by atoms with van der Waals surface area (Å²) < 4.78 is 10.6. The second kappa shape index (κ2) is 10.0. The highest BCUT2D eigenvalue weighted by Crippen LogP contribution is 2.28. The maximum Gasteiger partial charge on any atom is 0.414 e. The molecule has 2 heterocycles. The lowest BCUT2D eigenvalue weighted by atomic mass is 9.90. The van der Waals surface area contributed by atoms with E-state index in [-0.39, 0.29) is 18.0 Å². The number of methoxy groups -OCH3 is 1. The molecule has 0 radical (unpaired) electrons. The van der Waals surface area contributed by atoms with Gasteiger partial charge in [0.2, 0.25) is 5.91 Å². The molecule has 7 nitrogen and oxygen atoms in total. The molecule has 1 atom stereocenters. The van der Waals surface area contributed by atoms with E-state index in [4.69, 9.17) is 9.47 Å². The van der Waals surface area contributed by atoms with Gasteiger partial charge in [-0.1, -0.05) is 12.1 Å². The maximum absolute atomic E-state index is 12.4. The van der Waals surface area contributed by atoms with Crippen LogP contribution in [0.4, 0.5) is 16.2 Å².